The van der Waals surface area contributed by atoms with Crippen LogP contribution in [-0.4, -0.2) is 27.9 Å². The van der Waals surface area contributed by atoms with Crippen LogP contribution >= 0.6 is 11.6 Å². The number of hydrogen-bond donors (Lipinski definition) is 1. The second-order valence-electron chi connectivity index (χ2n) is 5.61. The van der Waals surface area contributed by atoms with Gasteiger partial charge in [-0.2, -0.15) is 0 Å². The summed E-state index contributed by atoms with van der Waals surface area (Å²) in [4.78, 5) is -0.210. The van der Waals surface area contributed by atoms with E-state index in [1.54, 1.807) is 31.2 Å². The van der Waals surface area contributed by atoms with Gasteiger partial charge in [-0.25, -0.2) is 13.1 Å². The fourth-order valence-corrected chi connectivity index (χ4v) is 3.99. The lowest BCUT2D eigenvalue weighted by Gasteiger charge is -2.24. The molecule has 148 valence electrons. The molecule has 1 N–H and O–H groups in total. The van der Waals surface area contributed by atoms with Crippen LogP contribution in [0.1, 0.15) is 18.6 Å². The Labute approximate surface area is 160 Å². The summed E-state index contributed by atoms with van der Waals surface area (Å²) in [5.74, 6) is -0.514. The molecule has 0 saturated carbocycles. The Bertz CT molecular complexity index is 872. The monoisotopic (exact) mass is 423 g/mol. The van der Waals surface area contributed by atoms with Gasteiger partial charge >= 0.3 is 6.36 Å². The van der Waals surface area contributed by atoms with Crippen molar-refractivity contribution in [2.24, 2.45) is 0 Å². The zero-order valence-corrected chi connectivity index (χ0v) is 15.9. The molecular formula is C17H17ClF3NO4S. The van der Waals surface area contributed by atoms with Crippen LogP contribution in [0.4, 0.5) is 13.2 Å². The Balaban J connectivity index is 2.18. The van der Waals surface area contributed by atoms with E-state index in [-0.39, 0.29) is 4.90 Å². The molecule has 27 heavy (non-hydrogen) atoms. The van der Waals surface area contributed by atoms with E-state index in [0.717, 1.165) is 24.3 Å². The topological polar surface area (TPSA) is 64.6 Å². The summed E-state index contributed by atoms with van der Waals surface area (Å²) in [7, 11) is -2.59. The molecule has 0 saturated heterocycles. The normalized spacial score (nSPS) is 14.6. The van der Waals surface area contributed by atoms with Crippen LogP contribution in [0.5, 0.6) is 5.75 Å². The van der Waals surface area contributed by atoms with Gasteiger partial charge in [-0.3, -0.25) is 0 Å². The van der Waals surface area contributed by atoms with Crippen molar-refractivity contribution in [3.8, 4) is 5.75 Å². The smallest absolute Gasteiger partial charge is 0.406 e. The fourth-order valence-electron chi connectivity index (χ4n) is 2.50. The van der Waals surface area contributed by atoms with Crippen molar-refractivity contribution in [1.29, 1.82) is 0 Å². The van der Waals surface area contributed by atoms with Crippen LogP contribution in [0.2, 0.25) is 5.02 Å². The summed E-state index contributed by atoms with van der Waals surface area (Å²) in [6, 6.07) is 10.0. The molecule has 0 radical (unpaired) electrons. The molecule has 0 heterocycles. The molecule has 0 aliphatic rings. The van der Waals surface area contributed by atoms with Crippen molar-refractivity contribution in [3.63, 3.8) is 0 Å². The number of ether oxygens (including phenoxy) is 2. The highest BCUT2D eigenvalue weighted by atomic mass is 35.5. The molecule has 2 aromatic rings. The van der Waals surface area contributed by atoms with Crippen molar-refractivity contribution >= 4 is 21.6 Å². The minimum absolute atomic E-state index is 0.210. The van der Waals surface area contributed by atoms with Crippen molar-refractivity contribution < 1.29 is 31.1 Å². The first kappa shape index (κ1) is 21.5. The summed E-state index contributed by atoms with van der Waals surface area (Å²) >= 11 is 6.14. The van der Waals surface area contributed by atoms with Gasteiger partial charge in [-0.15, -0.1) is 13.2 Å². The molecule has 5 nitrogen and oxygen atoms in total. The van der Waals surface area contributed by atoms with E-state index in [2.05, 4.69) is 9.46 Å². The van der Waals surface area contributed by atoms with Crippen molar-refractivity contribution in [2.75, 3.05) is 7.11 Å². The standard InChI is InChI=1S/C17H17ClF3NO4S/c1-11(16(25-2)14-5-3-4-6-15(14)18)22-27(23,24)13-9-7-12(8-10-13)26-17(19,20)21/h3-11,16,22H,1-2H3. The van der Waals surface area contributed by atoms with Crippen LogP contribution in [0.3, 0.4) is 0 Å². The molecule has 0 fully saturated rings. The van der Waals surface area contributed by atoms with E-state index in [1.165, 1.54) is 7.11 Å². The first-order valence-electron chi connectivity index (χ1n) is 7.69. The van der Waals surface area contributed by atoms with Crippen LogP contribution < -0.4 is 9.46 Å². The number of halogens is 4. The van der Waals surface area contributed by atoms with Crippen molar-refractivity contribution in [3.05, 3.63) is 59.1 Å². The number of methoxy groups -OCH3 is 1. The number of rotatable bonds is 7. The van der Waals surface area contributed by atoms with Gasteiger partial charge in [0.05, 0.1) is 11.0 Å². The maximum Gasteiger partial charge on any atom is 0.573 e. The molecule has 2 rings (SSSR count). The Morgan fingerprint density at radius 2 is 1.67 bits per heavy atom. The maximum absolute atomic E-state index is 12.5. The summed E-state index contributed by atoms with van der Waals surface area (Å²) in [6.07, 6.45) is -5.52. The van der Waals surface area contributed by atoms with E-state index < -0.39 is 34.3 Å². The zero-order chi connectivity index (χ0) is 20.2. The highest BCUT2D eigenvalue weighted by Crippen LogP contribution is 2.29. The Morgan fingerprint density at radius 3 is 2.19 bits per heavy atom. The van der Waals surface area contributed by atoms with Crippen molar-refractivity contribution in [1.82, 2.24) is 4.72 Å². The number of hydrogen-bond acceptors (Lipinski definition) is 4. The minimum Gasteiger partial charge on any atom is -0.406 e. The van der Waals surface area contributed by atoms with Gasteiger partial charge in [-0.05, 0) is 37.3 Å². The van der Waals surface area contributed by atoms with E-state index in [0.29, 0.717) is 10.6 Å². The number of sulfonamides is 1. The van der Waals surface area contributed by atoms with Gasteiger partial charge in [0.25, 0.3) is 0 Å². The molecule has 2 aromatic carbocycles. The van der Waals surface area contributed by atoms with Crippen LogP contribution in [0.25, 0.3) is 0 Å². The first-order chi connectivity index (χ1) is 12.5. The lowest BCUT2D eigenvalue weighted by atomic mass is 10.0. The maximum atomic E-state index is 12.5. The highest BCUT2D eigenvalue weighted by molar-refractivity contribution is 7.89. The van der Waals surface area contributed by atoms with E-state index in [4.69, 9.17) is 16.3 Å². The number of benzene rings is 2. The molecule has 10 heteroatoms. The molecule has 0 spiro atoms. The zero-order valence-electron chi connectivity index (χ0n) is 14.3. The highest BCUT2D eigenvalue weighted by Gasteiger charge is 2.31. The third-order valence-corrected chi connectivity index (χ3v) is 5.55. The molecule has 0 aliphatic heterocycles. The third kappa shape index (κ3) is 5.83. The van der Waals surface area contributed by atoms with Gasteiger partial charge in [0.1, 0.15) is 5.75 Å². The Kier molecular flexibility index (Phi) is 6.74. The SMILES string of the molecule is COC(c1ccccc1Cl)C(C)NS(=O)(=O)c1ccc(OC(F)(F)F)cc1. The lowest BCUT2D eigenvalue weighted by Crippen LogP contribution is -2.37. The second-order valence-corrected chi connectivity index (χ2v) is 7.73. The molecular weight excluding hydrogens is 407 g/mol. The van der Waals surface area contributed by atoms with Gasteiger partial charge in [0, 0.05) is 23.7 Å². The van der Waals surface area contributed by atoms with Crippen molar-refractivity contribution in [2.45, 2.75) is 30.3 Å². The van der Waals surface area contributed by atoms with E-state index in [1.807, 2.05) is 0 Å². The van der Waals surface area contributed by atoms with Gasteiger partial charge in [0.2, 0.25) is 10.0 Å². The predicted octanol–water partition coefficient (Wildman–Crippen LogP) is 4.29. The summed E-state index contributed by atoms with van der Waals surface area (Å²) in [6.45, 7) is 1.59. The molecule has 0 bridgehead atoms. The lowest BCUT2D eigenvalue weighted by molar-refractivity contribution is -0.274. The fraction of sp³-hybridized carbons (Fsp3) is 0.294. The quantitative estimate of drug-likeness (QED) is 0.721. The summed E-state index contributed by atoms with van der Waals surface area (Å²) in [5, 5.41) is 0.420. The third-order valence-electron chi connectivity index (χ3n) is 3.63. The van der Waals surface area contributed by atoms with Gasteiger partial charge in [-0.1, -0.05) is 29.8 Å². The summed E-state index contributed by atoms with van der Waals surface area (Å²) in [5.41, 5.74) is 0.603. The molecule has 0 aliphatic carbocycles. The number of nitrogens with one attached hydrogen (secondary N) is 1. The van der Waals surface area contributed by atoms with Crippen LogP contribution in [0, 0.1) is 0 Å². The van der Waals surface area contributed by atoms with Crippen LogP contribution in [0.15, 0.2) is 53.4 Å². The van der Waals surface area contributed by atoms with E-state index in [9.17, 15) is 21.6 Å². The predicted molar refractivity (Wildman–Crippen MR) is 94.1 cm³/mol. The minimum atomic E-state index is -4.85. The Morgan fingerprint density at radius 1 is 1.07 bits per heavy atom. The Hall–Kier alpha value is -1.81. The largest absolute Gasteiger partial charge is 0.573 e. The number of alkyl halides is 3. The molecule has 2 unspecified atom stereocenters. The van der Waals surface area contributed by atoms with Gasteiger partial charge < -0.3 is 9.47 Å². The van der Waals surface area contributed by atoms with Crippen LogP contribution in [-0.2, 0) is 14.8 Å². The molecule has 0 amide bonds. The summed E-state index contributed by atoms with van der Waals surface area (Å²) < 4.78 is 73.2. The molecule has 0 aromatic heterocycles. The first-order valence-corrected chi connectivity index (χ1v) is 9.55. The second kappa shape index (κ2) is 8.47. The molecule has 2 atom stereocenters. The van der Waals surface area contributed by atoms with Gasteiger partial charge in [0.15, 0.2) is 0 Å². The average molecular weight is 424 g/mol. The van der Waals surface area contributed by atoms with E-state index >= 15 is 0 Å². The average Bonchev–Trinajstić information content (AvgIpc) is 2.56.